The third-order valence-corrected chi connectivity index (χ3v) is 6.27. The molecule has 11 heteroatoms. The van der Waals surface area contributed by atoms with E-state index in [4.69, 9.17) is 4.74 Å². The molecule has 0 bridgehead atoms. The highest BCUT2D eigenvalue weighted by Gasteiger charge is 2.33. The summed E-state index contributed by atoms with van der Waals surface area (Å²) in [5.41, 5.74) is 0.514. The van der Waals surface area contributed by atoms with Crippen molar-refractivity contribution in [3.05, 3.63) is 48.0 Å². The van der Waals surface area contributed by atoms with Crippen molar-refractivity contribution < 1.29 is 29.0 Å². The smallest absolute Gasteiger partial charge is 0.309 e. The molecule has 0 radical (unpaired) electrons. The Morgan fingerprint density at radius 1 is 1.03 bits per heavy atom. The Morgan fingerprint density at radius 2 is 1.72 bits per heavy atom. The molecular weight excluding hydrogens is 502 g/mol. The van der Waals surface area contributed by atoms with Crippen molar-refractivity contribution in [3.63, 3.8) is 0 Å². The van der Waals surface area contributed by atoms with Crippen LogP contribution < -0.4 is 16.0 Å². The number of carbonyl (C=O) groups is 4. The number of hydrogen-bond donors (Lipinski definition) is 6. The molecule has 1 fully saturated rings. The second-order valence-electron chi connectivity index (χ2n) is 8.88. The summed E-state index contributed by atoms with van der Waals surface area (Å²) in [6, 6.07) is 5.69. The Bertz CT molecular complexity index is 928. The van der Waals surface area contributed by atoms with E-state index in [2.05, 4.69) is 41.2 Å². The molecule has 0 aromatic heterocycles. The van der Waals surface area contributed by atoms with E-state index >= 15 is 0 Å². The lowest BCUT2D eigenvalue weighted by molar-refractivity contribution is -0.151. The third kappa shape index (κ3) is 9.18. The molecule has 1 heterocycles. The number of thiol groups is 2. The molecule has 0 aliphatic carbocycles. The summed E-state index contributed by atoms with van der Waals surface area (Å²) < 4.78 is 5.48. The zero-order valence-electron chi connectivity index (χ0n) is 20.4. The van der Waals surface area contributed by atoms with Crippen LogP contribution in [0, 0.1) is 5.92 Å². The molecule has 2 rings (SSSR count). The van der Waals surface area contributed by atoms with E-state index in [1.165, 1.54) is 0 Å². The highest BCUT2D eigenvalue weighted by Crippen LogP contribution is 2.17. The molecule has 1 aromatic carbocycles. The van der Waals surface area contributed by atoms with Crippen LogP contribution in [0.15, 0.2) is 42.5 Å². The molecule has 0 unspecified atom stereocenters. The van der Waals surface area contributed by atoms with Gasteiger partial charge in [-0.15, -0.1) is 0 Å². The molecule has 0 saturated carbocycles. The van der Waals surface area contributed by atoms with Gasteiger partial charge in [0.25, 0.3) is 0 Å². The van der Waals surface area contributed by atoms with E-state index < -0.39 is 54.0 Å². The van der Waals surface area contributed by atoms with Crippen molar-refractivity contribution in [2.45, 2.75) is 63.4 Å². The minimum atomic E-state index is -1.24. The summed E-state index contributed by atoms with van der Waals surface area (Å²) >= 11 is 8.36. The van der Waals surface area contributed by atoms with Crippen molar-refractivity contribution in [2.75, 3.05) is 11.5 Å². The van der Waals surface area contributed by atoms with Gasteiger partial charge in [0.2, 0.25) is 17.7 Å². The lowest BCUT2D eigenvalue weighted by Gasteiger charge is -2.29. The molecule has 1 aromatic rings. The van der Waals surface area contributed by atoms with Crippen molar-refractivity contribution in [1.82, 2.24) is 16.0 Å². The lowest BCUT2D eigenvalue weighted by atomic mass is 9.96. The first-order valence-corrected chi connectivity index (χ1v) is 13.1. The molecular formula is C25H35N3O6S2. The van der Waals surface area contributed by atoms with Crippen LogP contribution in [-0.4, -0.2) is 64.6 Å². The lowest BCUT2D eigenvalue weighted by Crippen LogP contribution is -2.56. The number of ether oxygens (including phenoxy) is 1. The number of rotatable bonds is 6. The molecule has 3 amide bonds. The van der Waals surface area contributed by atoms with E-state index in [0.717, 1.165) is 0 Å². The summed E-state index contributed by atoms with van der Waals surface area (Å²) in [6.45, 7) is 3.58. The number of cyclic esters (lactones) is 1. The molecule has 5 atom stereocenters. The fraction of sp³-hybridized carbons (Fsp3) is 0.520. The van der Waals surface area contributed by atoms with Gasteiger partial charge in [-0.3, -0.25) is 19.2 Å². The first kappa shape index (κ1) is 29.7. The Hall–Kier alpha value is -2.50. The van der Waals surface area contributed by atoms with Crippen LogP contribution in [0.5, 0.6) is 0 Å². The molecule has 36 heavy (non-hydrogen) atoms. The maximum atomic E-state index is 13.2. The molecule has 198 valence electrons. The quantitative estimate of drug-likeness (QED) is 0.184. The highest BCUT2D eigenvalue weighted by atomic mass is 32.1. The second-order valence-corrected chi connectivity index (χ2v) is 9.69. The van der Waals surface area contributed by atoms with Gasteiger partial charge in [-0.25, -0.2) is 0 Å². The van der Waals surface area contributed by atoms with Gasteiger partial charge in [0, 0.05) is 5.75 Å². The van der Waals surface area contributed by atoms with Crippen molar-refractivity contribution in [1.29, 1.82) is 0 Å². The zero-order valence-corrected chi connectivity index (χ0v) is 22.2. The van der Waals surface area contributed by atoms with Gasteiger partial charge >= 0.3 is 5.97 Å². The van der Waals surface area contributed by atoms with Gasteiger partial charge in [0.15, 0.2) is 0 Å². The fourth-order valence-electron chi connectivity index (χ4n) is 3.76. The van der Waals surface area contributed by atoms with Crippen LogP contribution in [0.4, 0.5) is 0 Å². The van der Waals surface area contributed by atoms with Crippen molar-refractivity contribution in [3.8, 4) is 0 Å². The summed E-state index contributed by atoms with van der Waals surface area (Å²) in [5, 5.41) is 18.8. The normalized spacial score (nSPS) is 27.0. The Kier molecular flexibility index (Phi) is 12.3. The monoisotopic (exact) mass is 537 g/mol. The highest BCUT2D eigenvalue weighted by molar-refractivity contribution is 7.80. The Labute approximate surface area is 222 Å². The number of carbonyl (C=O) groups excluding carboxylic acids is 4. The predicted molar refractivity (Wildman–Crippen MR) is 143 cm³/mol. The largest absolute Gasteiger partial charge is 0.457 e. The molecule has 9 nitrogen and oxygen atoms in total. The van der Waals surface area contributed by atoms with Crippen LogP contribution in [0.3, 0.4) is 0 Å². The van der Waals surface area contributed by atoms with Crippen LogP contribution in [0.2, 0.25) is 0 Å². The molecule has 1 aliphatic heterocycles. The summed E-state index contributed by atoms with van der Waals surface area (Å²) in [6.07, 6.45) is 1.17. The van der Waals surface area contributed by atoms with Gasteiger partial charge in [-0.1, -0.05) is 50.3 Å². The molecule has 0 spiro atoms. The van der Waals surface area contributed by atoms with Gasteiger partial charge < -0.3 is 25.8 Å². The summed E-state index contributed by atoms with van der Waals surface area (Å²) in [4.78, 5) is 51.8. The van der Waals surface area contributed by atoms with Crippen molar-refractivity contribution >= 4 is 48.9 Å². The predicted octanol–water partition coefficient (Wildman–Crippen LogP) is 1.34. The summed E-state index contributed by atoms with van der Waals surface area (Å²) in [5.74, 6) is -2.09. The topological polar surface area (TPSA) is 134 Å². The average Bonchev–Trinajstić information content (AvgIpc) is 2.83. The van der Waals surface area contributed by atoms with Crippen LogP contribution in [0.1, 0.15) is 44.7 Å². The maximum absolute atomic E-state index is 13.2. The van der Waals surface area contributed by atoms with Crippen LogP contribution in [-0.2, 0) is 23.9 Å². The molecule has 1 aliphatic rings. The van der Waals surface area contributed by atoms with Gasteiger partial charge in [-0.2, -0.15) is 25.3 Å². The average molecular weight is 538 g/mol. The van der Waals surface area contributed by atoms with E-state index in [-0.39, 0.29) is 24.5 Å². The minimum absolute atomic E-state index is 0.0198. The Balaban J connectivity index is 2.43. The number of aliphatic hydroxyl groups is 1. The van der Waals surface area contributed by atoms with Gasteiger partial charge in [-0.05, 0) is 29.7 Å². The number of hydrogen-bond acceptors (Lipinski definition) is 8. The maximum Gasteiger partial charge on any atom is 0.309 e. The van der Waals surface area contributed by atoms with Crippen molar-refractivity contribution in [2.24, 2.45) is 5.92 Å². The first-order chi connectivity index (χ1) is 17.2. The molecule has 4 N–H and O–H groups in total. The standard InChI is InChI=1S/C25H35N3O6S2/c1-15(2)22-19(29)13-21(31)34-17(10-6-7-11-35)12-20(30)27-23(16-8-4-3-5-9-16)25(33)26-18(14-36)24(32)28-22/h3-6,8-10,15,17-19,22-23,29,35-36H,7,11-14H2,1-2H3,(H,26,33)(H,27,30)(H,28,32)/b10-6+/t17-,18-,19+,22-,23-/m1/s1. The number of esters is 1. The van der Waals surface area contributed by atoms with E-state index in [9.17, 15) is 24.3 Å². The van der Waals surface area contributed by atoms with Crippen LogP contribution >= 0.6 is 25.3 Å². The number of nitrogens with one attached hydrogen (secondary N) is 3. The SMILES string of the molecule is CC(C)[C@H]1NC(=O)[C@@H](CS)NC(=O)[C@@H](c2ccccc2)NC(=O)C[C@@H](/C=C/CCS)OC(=O)C[C@@H]1O. The van der Waals surface area contributed by atoms with E-state index in [1.807, 2.05) is 0 Å². The number of allylic oxidation sites excluding steroid dienone is 1. The number of benzene rings is 1. The van der Waals surface area contributed by atoms with E-state index in [0.29, 0.717) is 17.7 Å². The van der Waals surface area contributed by atoms with Crippen LogP contribution in [0.25, 0.3) is 0 Å². The van der Waals surface area contributed by atoms with E-state index in [1.54, 1.807) is 56.3 Å². The third-order valence-electron chi connectivity index (χ3n) is 5.65. The van der Waals surface area contributed by atoms with Gasteiger partial charge in [0.05, 0.1) is 25.0 Å². The fourth-order valence-corrected chi connectivity index (χ4v) is 4.16. The minimum Gasteiger partial charge on any atom is -0.457 e. The Morgan fingerprint density at radius 3 is 2.33 bits per heavy atom. The summed E-state index contributed by atoms with van der Waals surface area (Å²) in [7, 11) is 0. The number of aliphatic hydroxyl groups excluding tert-OH is 1. The first-order valence-electron chi connectivity index (χ1n) is 11.9. The molecule has 1 saturated heterocycles. The number of amides is 3. The van der Waals surface area contributed by atoms with Gasteiger partial charge in [0.1, 0.15) is 18.2 Å². The zero-order chi connectivity index (χ0) is 26.7. The second kappa shape index (κ2) is 14.9.